The molecule has 1 heterocycles. The van der Waals surface area contributed by atoms with Crippen molar-refractivity contribution in [2.45, 2.75) is 56.4 Å². The van der Waals surface area contributed by atoms with E-state index in [1.165, 1.54) is 23.3 Å². The quantitative estimate of drug-likeness (QED) is 0.541. The zero-order valence-electron chi connectivity index (χ0n) is 15.3. The van der Waals surface area contributed by atoms with Gasteiger partial charge in [-0.1, -0.05) is 62.7 Å². The van der Waals surface area contributed by atoms with Crippen LogP contribution < -0.4 is 5.32 Å². The monoisotopic (exact) mass is 366 g/mol. The summed E-state index contributed by atoms with van der Waals surface area (Å²) < 4.78 is 0. The van der Waals surface area contributed by atoms with E-state index in [0.717, 1.165) is 36.3 Å². The summed E-state index contributed by atoms with van der Waals surface area (Å²) in [5.41, 5.74) is 2.82. The van der Waals surface area contributed by atoms with Crippen LogP contribution in [-0.4, -0.2) is 17.7 Å². The lowest BCUT2D eigenvalue weighted by Crippen LogP contribution is -2.33. The van der Waals surface area contributed by atoms with Gasteiger partial charge in [0.25, 0.3) is 5.91 Å². The highest BCUT2D eigenvalue weighted by atomic mass is 32.2. The van der Waals surface area contributed by atoms with Crippen molar-refractivity contribution in [3.05, 3.63) is 65.2 Å². The molecular formula is C22H26N2OS. The molecule has 1 aliphatic heterocycles. The summed E-state index contributed by atoms with van der Waals surface area (Å²) in [5.74, 6) is -0.0667. The third-order valence-corrected chi connectivity index (χ3v) is 5.74. The van der Waals surface area contributed by atoms with Gasteiger partial charge in [-0.2, -0.15) is 0 Å². The van der Waals surface area contributed by atoms with Crippen LogP contribution >= 0.6 is 11.8 Å². The van der Waals surface area contributed by atoms with E-state index in [1.807, 2.05) is 12.3 Å². The maximum atomic E-state index is 12.3. The van der Waals surface area contributed by atoms with E-state index in [-0.39, 0.29) is 5.91 Å². The predicted octanol–water partition coefficient (Wildman–Crippen LogP) is 5.39. The Balaban J connectivity index is 1.70. The molecule has 3 nitrogen and oxygen atoms in total. The van der Waals surface area contributed by atoms with Gasteiger partial charge in [0, 0.05) is 38.9 Å². The van der Waals surface area contributed by atoms with E-state index in [1.54, 1.807) is 17.8 Å². The minimum Gasteiger partial charge on any atom is -0.349 e. The van der Waals surface area contributed by atoms with Crippen molar-refractivity contribution in [2.75, 3.05) is 0 Å². The highest BCUT2D eigenvalue weighted by Gasteiger charge is 2.18. The molecule has 0 radical (unpaired) electrons. The van der Waals surface area contributed by atoms with E-state index in [2.05, 4.69) is 43.1 Å². The highest BCUT2D eigenvalue weighted by Crippen LogP contribution is 2.34. The van der Waals surface area contributed by atoms with Crippen molar-refractivity contribution >= 4 is 23.4 Å². The molecule has 1 aromatic carbocycles. The van der Waals surface area contributed by atoms with Crippen molar-refractivity contribution in [1.29, 1.82) is 0 Å². The second-order valence-corrected chi connectivity index (χ2v) is 7.88. The van der Waals surface area contributed by atoms with Crippen LogP contribution in [0.1, 0.15) is 51.0 Å². The first kappa shape index (κ1) is 18.7. The largest absolute Gasteiger partial charge is 0.349 e. The van der Waals surface area contributed by atoms with Gasteiger partial charge in [0.2, 0.25) is 0 Å². The summed E-state index contributed by atoms with van der Waals surface area (Å²) in [6.45, 7) is 6.09. The van der Waals surface area contributed by atoms with Gasteiger partial charge in [-0.15, -0.1) is 0 Å². The second kappa shape index (κ2) is 9.04. The van der Waals surface area contributed by atoms with Gasteiger partial charge in [-0.3, -0.25) is 9.79 Å². The maximum absolute atomic E-state index is 12.3. The first-order chi connectivity index (χ1) is 12.7. The Morgan fingerprint density at radius 1 is 1.35 bits per heavy atom. The van der Waals surface area contributed by atoms with Crippen LogP contribution in [0.2, 0.25) is 0 Å². The zero-order chi connectivity index (χ0) is 18.4. The Morgan fingerprint density at radius 3 is 2.88 bits per heavy atom. The minimum atomic E-state index is -0.0667. The fourth-order valence-electron chi connectivity index (χ4n) is 3.28. The fourth-order valence-corrected chi connectivity index (χ4v) is 4.22. The van der Waals surface area contributed by atoms with Crippen molar-refractivity contribution in [1.82, 2.24) is 5.32 Å². The number of fused-ring (bicyclic) bond motifs is 1. The van der Waals surface area contributed by atoms with Crippen molar-refractivity contribution in [2.24, 2.45) is 4.99 Å². The molecule has 1 aliphatic carbocycles. The molecule has 0 atom stereocenters. The molecule has 1 saturated carbocycles. The topological polar surface area (TPSA) is 41.5 Å². The Hall–Kier alpha value is -2.07. The SMILES string of the molecule is C=C(/C=C\C1=CN=C(CCC)c2ccccc2S1)C(=O)NC1CCCC1. The van der Waals surface area contributed by atoms with Crippen LogP contribution in [0.5, 0.6) is 0 Å². The van der Waals surface area contributed by atoms with Crippen molar-refractivity contribution in [3.8, 4) is 0 Å². The minimum absolute atomic E-state index is 0.0667. The molecular weight excluding hydrogens is 340 g/mol. The lowest BCUT2D eigenvalue weighted by Gasteiger charge is -2.11. The number of carbonyl (C=O) groups excluding carboxylic acids is 1. The molecule has 0 unspecified atom stereocenters. The molecule has 0 spiro atoms. The number of nitrogens with one attached hydrogen (secondary N) is 1. The molecule has 26 heavy (non-hydrogen) atoms. The van der Waals surface area contributed by atoms with Crippen molar-refractivity contribution in [3.63, 3.8) is 0 Å². The fraction of sp³-hybridized carbons (Fsp3) is 0.364. The summed E-state index contributed by atoms with van der Waals surface area (Å²) in [4.78, 5) is 19.2. The summed E-state index contributed by atoms with van der Waals surface area (Å²) >= 11 is 1.68. The zero-order valence-corrected chi connectivity index (χ0v) is 16.1. The van der Waals surface area contributed by atoms with Gasteiger partial charge in [0.05, 0.1) is 0 Å². The second-order valence-electron chi connectivity index (χ2n) is 6.77. The summed E-state index contributed by atoms with van der Waals surface area (Å²) in [7, 11) is 0. The molecule has 0 bridgehead atoms. The van der Waals surface area contributed by atoms with E-state index >= 15 is 0 Å². The van der Waals surface area contributed by atoms with Gasteiger partial charge in [0.1, 0.15) is 0 Å². The smallest absolute Gasteiger partial charge is 0.250 e. The Labute approximate surface area is 160 Å². The van der Waals surface area contributed by atoms with Gasteiger partial charge in [0.15, 0.2) is 0 Å². The molecule has 3 rings (SSSR count). The lowest BCUT2D eigenvalue weighted by atomic mass is 10.1. The summed E-state index contributed by atoms with van der Waals surface area (Å²) in [5, 5.41) is 3.07. The molecule has 0 aromatic heterocycles. The number of amides is 1. The van der Waals surface area contributed by atoms with Crippen LogP contribution in [0.3, 0.4) is 0 Å². The van der Waals surface area contributed by atoms with E-state index in [4.69, 9.17) is 4.99 Å². The average molecular weight is 367 g/mol. The summed E-state index contributed by atoms with van der Waals surface area (Å²) in [6.07, 6.45) is 12.2. The molecule has 1 aromatic rings. The van der Waals surface area contributed by atoms with Crippen LogP contribution in [-0.2, 0) is 4.79 Å². The van der Waals surface area contributed by atoms with E-state index in [9.17, 15) is 4.79 Å². The predicted molar refractivity (Wildman–Crippen MR) is 111 cm³/mol. The van der Waals surface area contributed by atoms with Crippen LogP contribution in [0.15, 0.2) is 69.6 Å². The highest BCUT2D eigenvalue weighted by molar-refractivity contribution is 8.03. The first-order valence-electron chi connectivity index (χ1n) is 9.39. The Morgan fingerprint density at radius 2 is 2.12 bits per heavy atom. The molecule has 2 aliphatic rings. The number of thioether (sulfide) groups is 1. The first-order valence-corrected chi connectivity index (χ1v) is 10.2. The maximum Gasteiger partial charge on any atom is 0.250 e. The summed E-state index contributed by atoms with van der Waals surface area (Å²) in [6, 6.07) is 8.68. The molecule has 1 N–H and O–H groups in total. The number of aliphatic imine (C=N–C) groups is 1. The number of benzene rings is 1. The number of allylic oxidation sites excluding steroid dienone is 1. The number of rotatable bonds is 6. The molecule has 136 valence electrons. The number of carbonyl (C=O) groups is 1. The third kappa shape index (κ3) is 4.76. The number of hydrogen-bond donors (Lipinski definition) is 1. The number of hydrogen-bond acceptors (Lipinski definition) is 3. The Kier molecular flexibility index (Phi) is 6.51. The average Bonchev–Trinajstić information content (AvgIpc) is 3.09. The molecule has 0 saturated heterocycles. The van der Waals surface area contributed by atoms with E-state index in [0.29, 0.717) is 11.6 Å². The van der Waals surface area contributed by atoms with Crippen LogP contribution in [0, 0.1) is 0 Å². The Bertz CT molecular complexity index is 770. The van der Waals surface area contributed by atoms with Gasteiger partial charge >= 0.3 is 0 Å². The van der Waals surface area contributed by atoms with Crippen LogP contribution in [0.4, 0.5) is 0 Å². The normalized spacial score (nSPS) is 17.4. The van der Waals surface area contributed by atoms with E-state index < -0.39 is 0 Å². The van der Waals surface area contributed by atoms with Crippen LogP contribution in [0.25, 0.3) is 0 Å². The lowest BCUT2D eigenvalue weighted by molar-refractivity contribution is -0.117. The van der Waals surface area contributed by atoms with Crippen molar-refractivity contribution < 1.29 is 4.79 Å². The van der Waals surface area contributed by atoms with Gasteiger partial charge < -0.3 is 5.32 Å². The number of nitrogens with zero attached hydrogens (tertiary/aromatic N) is 1. The molecule has 1 fully saturated rings. The van der Waals surface area contributed by atoms with Gasteiger partial charge in [-0.25, -0.2) is 0 Å². The standard InChI is InChI=1S/C22H26N2OS/c1-3-8-20-19-11-6-7-12-21(19)26-18(15-23-20)14-13-16(2)22(25)24-17-9-4-5-10-17/h6-7,11-15,17H,2-5,8-10H2,1H3,(H,24,25)/b14-13-. The molecule has 4 heteroatoms. The van der Waals surface area contributed by atoms with Gasteiger partial charge in [-0.05, 0) is 37.5 Å². The molecule has 1 amide bonds. The third-order valence-electron chi connectivity index (χ3n) is 4.69.